The molecule has 2 aliphatic rings. The van der Waals surface area contributed by atoms with Crippen LogP contribution in [0.1, 0.15) is 42.6 Å². The number of aromatic nitrogens is 8. The van der Waals surface area contributed by atoms with Gasteiger partial charge in [-0.15, -0.1) is 0 Å². The Labute approximate surface area is 340 Å². The maximum Gasteiger partial charge on any atom is 0.317 e. The number of hydrogen-bond donors (Lipinski definition) is 3. The number of halogens is 4. The number of aromatic amines is 1. The molecule has 0 radical (unpaired) electrons. The van der Waals surface area contributed by atoms with Crippen LogP contribution < -0.4 is 10.6 Å². The lowest BCUT2D eigenvalue weighted by Crippen LogP contribution is -2.40. The highest BCUT2D eigenvalue weighted by Crippen LogP contribution is 2.36. The van der Waals surface area contributed by atoms with Gasteiger partial charge in [0.05, 0.1) is 41.4 Å². The van der Waals surface area contributed by atoms with Crippen LogP contribution in [0.5, 0.6) is 0 Å². The molecule has 0 unspecified atom stereocenters. The number of urea groups is 2. The molecule has 7 aromatic rings. The van der Waals surface area contributed by atoms with Crippen LogP contribution in [0.3, 0.4) is 0 Å². The van der Waals surface area contributed by atoms with E-state index in [1.165, 1.54) is 17.3 Å². The number of H-pyrrole nitrogens is 1. The fourth-order valence-corrected chi connectivity index (χ4v) is 9.46. The first-order chi connectivity index (χ1) is 28.7. The number of rotatable bonds is 8. The van der Waals surface area contributed by atoms with Crippen LogP contribution in [0.2, 0.25) is 0 Å². The summed E-state index contributed by atoms with van der Waals surface area (Å²) in [5.74, 6) is 0.186. The van der Waals surface area contributed by atoms with Crippen LogP contribution in [0.4, 0.5) is 27.2 Å². The van der Waals surface area contributed by atoms with E-state index in [1.807, 2.05) is 41.1 Å². The minimum Gasteiger partial charge on any atom is -0.345 e. The predicted octanol–water partition coefficient (Wildman–Crippen LogP) is 5.46. The molecule has 1 aromatic carbocycles. The summed E-state index contributed by atoms with van der Waals surface area (Å²) in [5, 5.41) is 4.52. The van der Waals surface area contributed by atoms with Gasteiger partial charge in [-0.25, -0.2) is 59.5 Å². The van der Waals surface area contributed by atoms with E-state index in [0.29, 0.717) is 37.3 Å². The summed E-state index contributed by atoms with van der Waals surface area (Å²) in [4.78, 5) is 48.3. The molecule has 21 heteroatoms. The molecule has 6 aromatic heterocycles. The molecule has 2 saturated heterocycles. The van der Waals surface area contributed by atoms with Crippen molar-refractivity contribution in [3.05, 3.63) is 90.5 Å². The molecule has 3 N–H and O–H groups in total. The van der Waals surface area contributed by atoms with Crippen LogP contribution in [-0.2, 0) is 10.0 Å². The van der Waals surface area contributed by atoms with Crippen LogP contribution >= 0.6 is 0 Å². The Morgan fingerprint density at radius 1 is 0.733 bits per heavy atom. The van der Waals surface area contributed by atoms with Gasteiger partial charge in [0.15, 0.2) is 22.6 Å². The second kappa shape index (κ2) is 16.1. The number of nitrogens with zero attached hydrogens (tertiary/aromatic N) is 9. The highest BCUT2D eigenvalue weighted by atomic mass is 32.2. The van der Waals surface area contributed by atoms with E-state index in [1.54, 1.807) is 47.6 Å². The lowest BCUT2D eigenvalue weighted by molar-refractivity contribution is 0.141. The monoisotopic (exact) mass is 850 g/mol. The second-order valence-corrected chi connectivity index (χ2v) is 17.1. The fraction of sp³-hybridized carbons (Fsp3) is 0.385. The number of fused-ring (bicyclic) bond motifs is 6. The number of alkyl halides is 4. The third-order valence-corrected chi connectivity index (χ3v) is 12.9. The normalized spacial score (nSPS) is 19.6. The summed E-state index contributed by atoms with van der Waals surface area (Å²) in [6, 6.07) is 9.24. The Morgan fingerprint density at radius 2 is 1.27 bits per heavy atom. The zero-order chi connectivity index (χ0) is 42.5. The molecular formula is C39H42F4N12O4S. The number of hydrogen-bond acceptors (Lipinski definition) is 8. The molecule has 2 aliphatic heterocycles. The van der Waals surface area contributed by atoms with Crippen molar-refractivity contribution in [3.8, 4) is 0 Å². The average Bonchev–Trinajstić information content (AvgIpc) is 4.07. The first-order valence-electron chi connectivity index (χ1n) is 19.3. The van der Waals surface area contributed by atoms with Gasteiger partial charge in [-0.1, -0.05) is 31.5 Å². The number of imidazole rings is 2. The first-order valence-corrected chi connectivity index (χ1v) is 20.7. The quantitative estimate of drug-likeness (QED) is 0.169. The van der Waals surface area contributed by atoms with Crippen molar-refractivity contribution in [1.82, 2.24) is 58.1 Å². The molecule has 0 saturated carbocycles. The standard InChI is InChI=1S/C23H24F2N6O3S.C16H18F2N6O/c1-14-3-5-16(6-4-14)35(33,34)30-8-7-18-22(30)27-11-21-26-9-19(31(18)21)17-13-29(12-15(17)2)23(32)28-10-20(24)25;1-9-7-23(16(25)22-5-13(17)18)8-10(9)12-4-20-14-6-21-15-11(24(12)14)2-3-19-15/h3-9,11,15,17,20H,10,12-13H2,1-2H3,(H,28,32);2-4,6,9-10,13,19H,5,7-8H2,1H3,(H,22,25)/t15-,17+;9-,10+/m11/s1. The van der Waals surface area contributed by atoms with E-state index in [2.05, 4.69) is 42.5 Å². The largest absolute Gasteiger partial charge is 0.345 e. The summed E-state index contributed by atoms with van der Waals surface area (Å²) < 4.78 is 81.3. The lowest BCUT2D eigenvalue weighted by atomic mass is 9.95. The van der Waals surface area contributed by atoms with Crippen molar-refractivity contribution >= 4 is 55.7 Å². The molecule has 8 heterocycles. The van der Waals surface area contributed by atoms with Crippen LogP contribution in [-0.4, -0.2) is 120 Å². The lowest BCUT2D eigenvalue weighted by Gasteiger charge is -2.17. The van der Waals surface area contributed by atoms with Crippen LogP contribution in [0.25, 0.3) is 33.6 Å². The molecule has 0 spiro atoms. The van der Waals surface area contributed by atoms with Gasteiger partial charge >= 0.3 is 12.1 Å². The third kappa shape index (κ3) is 7.56. The molecule has 316 valence electrons. The molecule has 60 heavy (non-hydrogen) atoms. The SMILES string of the molecule is C[C@@H]1CN(C(=O)NCC(F)F)C[C@@H]1c1cnc2cnc3[nH]ccc3n12.Cc1ccc(S(=O)(=O)n2ccc3c2ncc2ncc([C@H]4CN(C(=O)NCC(F)F)C[C@H]4C)n23)cc1. The van der Waals surface area contributed by atoms with Gasteiger partial charge in [0.25, 0.3) is 22.9 Å². The number of nitrogens with one attached hydrogen (secondary N) is 3. The average molecular weight is 851 g/mol. The van der Waals surface area contributed by atoms with Crippen molar-refractivity contribution in [3.63, 3.8) is 0 Å². The van der Waals surface area contributed by atoms with E-state index in [4.69, 9.17) is 0 Å². The zero-order valence-corrected chi connectivity index (χ0v) is 33.5. The maximum atomic E-state index is 13.3. The van der Waals surface area contributed by atoms with Gasteiger partial charge < -0.3 is 25.4 Å². The van der Waals surface area contributed by atoms with E-state index in [-0.39, 0.29) is 34.2 Å². The Morgan fingerprint density at radius 3 is 1.82 bits per heavy atom. The minimum atomic E-state index is -3.87. The van der Waals surface area contributed by atoms with Crippen molar-refractivity contribution in [2.24, 2.45) is 11.8 Å². The van der Waals surface area contributed by atoms with Crippen LogP contribution in [0.15, 0.2) is 78.5 Å². The summed E-state index contributed by atoms with van der Waals surface area (Å²) >= 11 is 0. The molecule has 4 atom stereocenters. The van der Waals surface area contributed by atoms with Crippen molar-refractivity contribution in [2.75, 3.05) is 39.3 Å². The minimum absolute atomic E-state index is 0.0359. The van der Waals surface area contributed by atoms with Gasteiger partial charge in [0.2, 0.25) is 0 Å². The van der Waals surface area contributed by atoms with Gasteiger partial charge in [-0.05, 0) is 43.0 Å². The number of carbonyl (C=O) groups excluding carboxylic acids is 2. The molecule has 4 amide bonds. The number of carbonyl (C=O) groups is 2. The highest BCUT2D eigenvalue weighted by Gasteiger charge is 2.37. The van der Waals surface area contributed by atoms with Gasteiger partial charge in [0, 0.05) is 74.2 Å². The molecule has 9 rings (SSSR count). The zero-order valence-electron chi connectivity index (χ0n) is 32.7. The Kier molecular flexibility index (Phi) is 10.9. The molecule has 16 nitrogen and oxygen atoms in total. The number of amides is 4. The Bertz CT molecular complexity index is 2800. The van der Waals surface area contributed by atoms with Crippen molar-refractivity contribution < 1.29 is 35.6 Å². The summed E-state index contributed by atoms with van der Waals surface area (Å²) in [6.45, 7) is 6.33. The third-order valence-electron chi connectivity index (χ3n) is 11.2. The highest BCUT2D eigenvalue weighted by molar-refractivity contribution is 7.90. The molecule has 0 aliphatic carbocycles. The summed E-state index contributed by atoms with van der Waals surface area (Å²) in [5.41, 5.74) is 6.57. The van der Waals surface area contributed by atoms with E-state index < -0.39 is 48.0 Å². The summed E-state index contributed by atoms with van der Waals surface area (Å²) in [7, 11) is -3.87. The van der Waals surface area contributed by atoms with Gasteiger partial charge in [-0.2, -0.15) is 0 Å². The van der Waals surface area contributed by atoms with E-state index >= 15 is 0 Å². The second-order valence-electron chi connectivity index (χ2n) is 15.3. The number of aryl methyl sites for hydroxylation is 1. The topological polar surface area (TPSA) is 180 Å². The smallest absolute Gasteiger partial charge is 0.317 e. The van der Waals surface area contributed by atoms with Gasteiger partial charge in [0.1, 0.15) is 0 Å². The fourth-order valence-electron chi connectivity index (χ4n) is 8.17. The Hall–Kier alpha value is -6.25. The first kappa shape index (κ1) is 40.5. The van der Waals surface area contributed by atoms with E-state index in [0.717, 1.165) is 37.7 Å². The number of likely N-dealkylation sites (tertiary alicyclic amines) is 2. The van der Waals surface area contributed by atoms with E-state index in [9.17, 15) is 35.6 Å². The molecular weight excluding hydrogens is 809 g/mol. The molecule has 2 fully saturated rings. The van der Waals surface area contributed by atoms with Crippen LogP contribution in [0, 0.1) is 18.8 Å². The molecule has 0 bridgehead atoms. The number of benzene rings is 1. The van der Waals surface area contributed by atoms with Crippen molar-refractivity contribution in [2.45, 2.75) is 50.4 Å². The van der Waals surface area contributed by atoms with Crippen molar-refractivity contribution in [1.29, 1.82) is 0 Å². The summed E-state index contributed by atoms with van der Waals surface area (Å²) in [6.07, 6.45) is 4.85. The maximum absolute atomic E-state index is 13.3. The predicted molar refractivity (Wildman–Crippen MR) is 213 cm³/mol. The van der Waals surface area contributed by atoms with Gasteiger partial charge in [-0.3, -0.25) is 8.80 Å². The Balaban J connectivity index is 0.000000176.